The largest absolute Gasteiger partial charge is 0.389 e. The van der Waals surface area contributed by atoms with Gasteiger partial charge in [0.15, 0.2) is 0 Å². The second-order valence-corrected chi connectivity index (χ2v) is 4.45. The molecule has 0 amide bonds. The van der Waals surface area contributed by atoms with Crippen molar-refractivity contribution in [2.45, 2.75) is 31.8 Å². The average molecular weight is 223 g/mol. The van der Waals surface area contributed by atoms with Crippen molar-refractivity contribution >= 4 is 17.2 Å². The summed E-state index contributed by atoms with van der Waals surface area (Å²) >= 11 is 5.84. The summed E-state index contributed by atoms with van der Waals surface area (Å²) in [6.07, 6.45) is 5.91. The molecule has 15 heavy (non-hydrogen) atoms. The number of aliphatic hydroxyl groups excluding tert-OH is 1. The van der Waals surface area contributed by atoms with Crippen LogP contribution in [0.5, 0.6) is 0 Å². The van der Waals surface area contributed by atoms with Crippen LogP contribution in [0.2, 0.25) is 5.02 Å². The van der Waals surface area contributed by atoms with Crippen LogP contribution in [0.4, 0.5) is 0 Å². The van der Waals surface area contributed by atoms with Gasteiger partial charge < -0.3 is 5.11 Å². The molecule has 2 rings (SSSR count). The lowest BCUT2D eigenvalue weighted by Crippen LogP contribution is -2.00. The minimum atomic E-state index is -0.279. The zero-order valence-corrected chi connectivity index (χ0v) is 9.37. The maximum atomic E-state index is 9.67. The van der Waals surface area contributed by atoms with Crippen molar-refractivity contribution in [1.29, 1.82) is 0 Å². The molecule has 1 aliphatic carbocycles. The summed E-state index contributed by atoms with van der Waals surface area (Å²) in [4.78, 5) is 0. The Kier molecular flexibility index (Phi) is 3.45. The summed E-state index contributed by atoms with van der Waals surface area (Å²) in [6.45, 7) is 0. The molecule has 1 aliphatic rings. The molecule has 0 heterocycles. The molecule has 1 nitrogen and oxygen atoms in total. The molecule has 0 bridgehead atoms. The molecule has 80 valence electrons. The van der Waals surface area contributed by atoms with E-state index in [4.69, 9.17) is 11.6 Å². The van der Waals surface area contributed by atoms with E-state index in [0.717, 1.165) is 30.7 Å². The number of hydrogen-bond acceptors (Lipinski definition) is 1. The molecule has 1 N–H and O–H groups in total. The first-order chi connectivity index (χ1) is 7.25. The van der Waals surface area contributed by atoms with Gasteiger partial charge in [-0.05, 0) is 42.5 Å². The Bertz CT molecular complexity index is 353. The molecule has 1 aromatic carbocycles. The van der Waals surface area contributed by atoms with Crippen LogP contribution < -0.4 is 0 Å². The van der Waals surface area contributed by atoms with E-state index in [1.165, 1.54) is 11.1 Å². The Morgan fingerprint density at radius 1 is 1.13 bits per heavy atom. The van der Waals surface area contributed by atoms with Crippen molar-refractivity contribution in [1.82, 2.24) is 0 Å². The second kappa shape index (κ2) is 4.82. The molecular weight excluding hydrogens is 208 g/mol. The third-order valence-corrected chi connectivity index (χ3v) is 3.06. The third-order valence-electron chi connectivity index (χ3n) is 2.80. The van der Waals surface area contributed by atoms with Gasteiger partial charge in [-0.15, -0.1) is 0 Å². The molecule has 0 saturated heterocycles. The number of aliphatic hydroxyl groups is 1. The Labute approximate surface area is 95.4 Å². The lowest BCUT2D eigenvalue weighted by atomic mass is 10.0. The van der Waals surface area contributed by atoms with Gasteiger partial charge in [0, 0.05) is 5.02 Å². The molecule has 1 aromatic rings. The predicted molar refractivity (Wildman–Crippen MR) is 63.9 cm³/mol. The first-order valence-electron chi connectivity index (χ1n) is 5.40. The van der Waals surface area contributed by atoms with Gasteiger partial charge in [-0.2, -0.15) is 0 Å². The quantitative estimate of drug-likeness (QED) is 0.769. The van der Waals surface area contributed by atoms with E-state index >= 15 is 0 Å². The standard InChI is InChI=1S/C13H15ClO/c14-12-7-5-10(6-8-12)11-3-1-2-4-13(15)9-11/h5-9,13,15H,1-4H2. The Balaban J connectivity index is 2.24. The summed E-state index contributed by atoms with van der Waals surface area (Å²) in [6, 6.07) is 7.84. The van der Waals surface area contributed by atoms with Crippen LogP contribution in [-0.4, -0.2) is 11.2 Å². The Morgan fingerprint density at radius 2 is 1.87 bits per heavy atom. The summed E-state index contributed by atoms with van der Waals surface area (Å²) < 4.78 is 0. The van der Waals surface area contributed by atoms with Crippen LogP contribution in [0.1, 0.15) is 31.2 Å². The molecule has 0 spiro atoms. The first-order valence-corrected chi connectivity index (χ1v) is 5.78. The van der Waals surface area contributed by atoms with Crippen LogP contribution in [0, 0.1) is 0 Å². The van der Waals surface area contributed by atoms with Crippen LogP contribution in [0.25, 0.3) is 5.57 Å². The molecule has 0 aromatic heterocycles. The minimum absolute atomic E-state index is 0.279. The van der Waals surface area contributed by atoms with Crippen LogP contribution in [0.15, 0.2) is 30.3 Å². The molecule has 0 saturated carbocycles. The summed E-state index contributed by atoms with van der Waals surface area (Å²) in [5.74, 6) is 0. The molecule has 0 aliphatic heterocycles. The smallest absolute Gasteiger partial charge is 0.0726 e. The van der Waals surface area contributed by atoms with Crippen LogP contribution in [0.3, 0.4) is 0 Å². The molecule has 0 radical (unpaired) electrons. The van der Waals surface area contributed by atoms with Gasteiger partial charge in [-0.1, -0.05) is 36.2 Å². The van der Waals surface area contributed by atoms with Crippen molar-refractivity contribution in [3.63, 3.8) is 0 Å². The first kappa shape index (κ1) is 10.7. The van der Waals surface area contributed by atoms with E-state index in [1.807, 2.05) is 30.3 Å². The maximum absolute atomic E-state index is 9.67. The van der Waals surface area contributed by atoms with E-state index in [0.29, 0.717) is 0 Å². The van der Waals surface area contributed by atoms with E-state index < -0.39 is 0 Å². The minimum Gasteiger partial charge on any atom is -0.389 e. The van der Waals surface area contributed by atoms with E-state index in [1.54, 1.807) is 0 Å². The van der Waals surface area contributed by atoms with Crippen LogP contribution >= 0.6 is 11.6 Å². The topological polar surface area (TPSA) is 20.2 Å². The number of hydrogen-bond donors (Lipinski definition) is 1. The third kappa shape index (κ3) is 2.83. The highest BCUT2D eigenvalue weighted by Crippen LogP contribution is 2.26. The fourth-order valence-electron chi connectivity index (χ4n) is 1.97. The number of allylic oxidation sites excluding steroid dienone is 1. The fraction of sp³-hybridized carbons (Fsp3) is 0.385. The van der Waals surface area contributed by atoms with Gasteiger partial charge in [0.05, 0.1) is 6.10 Å². The summed E-state index contributed by atoms with van der Waals surface area (Å²) in [7, 11) is 0. The van der Waals surface area contributed by atoms with Crippen molar-refractivity contribution in [2.75, 3.05) is 0 Å². The van der Waals surface area contributed by atoms with E-state index in [2.05, 4.69) is 0 Å². The lowest BCUT2D eigenvalue weighted by molar-refractivity contribution is 0.211. The highest BCUT2D eigenvalue weighted by Gasteiger charge is 2.10. The van der Waals surface area contributed by atoms with E-state index in [9.17, 15) is 5.11 Å². The van der Waals surface area contributed by atoms with E-state index in [-0.39, 0.29) is 6.10 Å². The van der Waals surface area contributed by atoms with Gasteiger partial charge in [0.1, 0.15) is 0 Å². The lowest BCUT2D eigenvalue weighted by Gasteiger charge is -2.06. The maximum Gasteiger partial charge on any atom is 0.0726 e. The van der Waals surface area contributed by atoms with Gasteiger partial charge in [0.2, 0.25) is 0 Å². The summed E-state index contributed by atoms with van der Waals surface area (Å²) in [5, 5.41) is 10.4. The second-order valence-electron chi connectivity index (χ2n) is 4.01. The monoisotopic (exact) mass is 222 g/mol. The molecular formula is C13H15ClO. The zero-order chi connectivity index (χ0) is 10.7. The van der Waals surface area contributed by atoms with Gasteiger partial charge in [-0.25, -0.2) is 0 Å². The number of halogens is 1. The fourth-order valence-corrected chi connectivity index (χ4v) is 2.10. The van der Waals surface area contributed by atoms with Crippen molar-refractivity contribution < 1.29 is 5.11 Å². The SMILES string of the molecule is OC1C=C(c2ccc(Cl)cc2)CCCC1. The normalized spacial score (nSPS) is 22.0. The number of rotatable bonds is 1. The average Bonchev–Trinajstić information content (AvgIpc) is 2.44. The van der Waals surface area contributed by atoms with Crippen molar-refractivity contribution in [2.24, 2.45) is 0 Å². The van der Waals surface area contributed by atoms with Gasteiger partial charge in [-0.3, -0.25) is 0 Å². The molecule has 2 heteroatoms. The predicted octanol–water partition coefficient (Wildman–Crippen LogP) is 3.66. The highest BCUT2D eigenvalue weighted by atomic mass is 35.5. The Hall–Kier alpha value is -0.790. The molecule has 1 atom stereocenters. The molecule has 1 unspecified atom stereocenters. The van der Waals surface area contributed by atoms with Crippen molar-refractivity contribution in [3.05, 3.63) is 40.9 Å². The number of benzene rings is 1. The highest BCUT2D eigenvalue weighted by molar-refractivity contribution is 6.30. The van der Waals surface area contributed by atoms with Gasteiger partial charge >= 0.3 is 0 Å². The van der Waals surface area contributed by atoms with Gasteiger partial charge in [0.25, 0.3) is 0 Å². The molecule has 0 fully saturated rings. The van der Waals surface area contributed by atoms with Crippen LogP contribution in [-0.2, 0) is 0 Å². The zero-order valence-electron chi connectivity index (χ0n) is 8.62. The summed E-state index contributed by atoms with van der Waals surface area (Å²) in [5.41, 5.74) is 2.43. The Morgan fingerprint density at radius 3 is 2.60 bits per heavy atom. The van der Waals surface area contributed by atoms with Crippen molar-refractivity contribution in [3.8, 4) is 0 Å².